The largest absolute Gasteiger partial charge is 0.497 e. The Kier molecular flexibility index (Phi) is 6.74. The number of methoxy groups -OCH3 is 1. The van der Waals surface area contributed by atoms with Gasteiger partial charge in [0.05, 0.1) is 25.8 Å². The Morgan fingerprint density at radius 1 is 1.09 bits per heavy atom. The van der Waals surface area contributed by atoms with Crippen molar-refractivity contribution < 1.29 is 23.9 Å². The molecule has 1 aliphatic heterocycles. The topological polar surface area (TPSA) is 96.0 Å². The number of carbonyl (C=O) groups excluding carboxylic acids is 4. The number of thiophene rings is 1. The van der Waals surface area contributed by atoms with E-state index in [0.717, 1.165) is 9.78 Å². The summed E-state index contributed by atoms with van der Waals surface area (Å²) in [4.78, 5) is 54.5. The molecule has 1 atom stereocenters. The van der Waals surface area contributed by atoms with E-state index >= 15 is 0 Å². The molecule has 174 valence electrons. The molecule has 34 heavy (non-hydrogen) atoms. The van der Waals surface area contributed by atoms with Crippen LogP contribution in [0.2, 0.25) is 0 Å². The maximum atomic E-state index is 13.5. The van der Waals surface area contributed by atoms with Gasteiger partial charge in [0, 0.05) is 23.1 Å². The Balaban J connectivity index is 1.62. The highest BCUT2D eigenvalue weighted by molar-refractivity contribution is 7.09. The van der Waals surface area contributed by atoms with E-state index in [9.17, 15) is 19.2 Å². The maximum absolute atomic E-state index is 13.5. The summed E-state index contributed by atoms with van der Waals surface area (Å²) in [5.74, 6) is -0.800. The number of ether oxygens (including phenoxy) is 1. The molecule has 4 rings (SSSR count). The van der Waals surface area contributed by atoms with Gasteiger partial charge in [0.2, 0.25) is 11.8 Å². The van der Waals surface area contributed by atoms with Gasteiger partial charge >= 0.3 is 0 Å². The van der Waals surface area contributed by atoms with Crippen LogP contribution in [0.4, 0.5) is 11.4 Å². The van der Waals surface area contributed by atoms with Crippen molar-refractivity contribution in [2.24, 2.45) is 0 Å². The van der Waals surface area contributed by atoms with E-state index in [2.05, 4.69) is 5.32 Å². The summed E-state index contributed by atoms with van der Waals surface area (Å²) in [5, 5.41) is 4.55. The molecule has 0 saturated carbocycles. The second-order valence-electron chi connectivity index (χ2n) is 7.76. The Hall–Kier alpha value is -3.98. The molecule has 1 aromatic heterocycles. The second kappa shape index (κ2) is 9.88. The van der Waals surface area contributed by atoms with Crippen LogP contribution in [0.25, 0.3) is 0 Å². The number of anilines is 2. The number of rotatable bonds is 7. The third kappa shape index (κ3) is 4.84. The minimum atomic E-state index is -0.931. The molecule has 8 nitrogen and oxygen atoms in total. The summed E-state index contributed by atoms with van der Waals surface area (Å²) in [6.45, 7) is 1.61. The molecule has 1 unspecified atom stereocenters. The molecule has 0 aliphatic carbocycles. The van der Waals surface area contributed by atoms with Crippen LogP contribution < -0.4 is 15.0 Å². The van der Waals surface area contributed by atoms with Crippen LogP contribution >= 0.6 is 11.3 Å². The van der Waals surface area contributed by atoms with Crippen molar-refractivity contribution in [1.82, 2.24) is 4.90 Å². The third-order valence-corrected chi connectivity index (χ3v) is 6.31. The van der Waals surface area contributed by atoms with Crippen LogP contribution in [-0.2, 0) is 20.9 Å². The summed E-state index contributed by atoms with van der Waals surface area (Å²) in [7, 11) is 1.54. The van der Waals surface area contributed by atoms with Crippen LogP contribution in [0.15, 0.2) is 66.0 Å². The van der Waals surface area contributed by atoms with Crippen molar-refractivity contribution in [1.29, 1.82) is 0 Å². The summed E-state index contributed by atoms with van der Waals surface area (Å²) in [6, 6.07) is 15.9. The first-order valence-electron chi connectivity index (χ1n) is 10.6. The normalized spacial score (nSPS) is 15.4. The molecule has 1 aliphatic rings. The van der Waals surface area contributed by atoms with Crippen molar-refractivity contribution in [3.8, 4) is 5.75 Å². The molecule has 2 aromatic carbocycles. The summed E-state index contributed by atoms with van der Waals surface area (Å²) in [6.07, 6.45) is -0.112. The van der Waals surface area contributed by atoms with Gasteiger partial charge in [-0.05, 0) is 60.0 Å². The predicted molar refractivity (Wildman–Crippen MR) is 129 cm³/mol. The highest BCUT2D eigenvalue weighted by atomic mass is 32.1. The monoisotopic (exact) mass is 477 g/mol. The van der Waals surface area contributed by atoms with Gasteiger partial charge in [0.25, 0.3) is 11.8 Å². The van der Waals surface area contributed by atoms with Gasteiger partial charge in [-0.1, -0.05) is 6.07 Å². The molecule has 9 heteroatoms. The molecule has 1 saturated heterocycles. The smallest absolute Gasteiger partial charge is 0.257 e. The summed E-state index contributed by atoms with van der Waals surface area (Å²) in [5.41, 5.74) is 1.34. The number of nitrogens with zero attached hydrogens (tertiary/aromatic N) is 2. The number of nitrogens with one attached hydrogen (secondary N) is 1. The van der Waals surface area contributed by atoms with Gasteiger partial charge in [-0.25, -0.2) is 4.90 Å². The van der Waals surface area contributed by atoms with Crippen molar-refractivity contribution >= 4 is 46.3 Å². The number of hydrogen-bond acceptors (Lipinski definition) is 6. The highest BCUT2D eigenvalue weighted by Crippen LogP contribution is 2.29. The average molecular weight is 478 g/mol. The molecule has 3 aromatic rings. The molecule has 0 bridgehead atoms. The van der Waals surface area contributed by atoms with Crippen LogP contribution in [0.1, 0.15) is 28.6 Å². The first-order valence-corrected chi connectivity index (χ1v) is 11.5. The molecule has 0 radical (unpaired) electrons. The lowest BCUT2D eigenvalue weighted by atomic mass is 10.1. The molecule has 2 heterocycles. The van der Waals surface area contributed by atoms with E-state index in [1.54, 1.807) is 55.6 Å². The van der Waals surface area contributed by atoms with Gasteiger partial charge < -0.3 is 15.0 Å². The standard InChI is InChI=1S/C25H23N3O5S/c1-16(29)26-18-7-9-19(10-8-18)28-23(30)14-22(25(28)32)27(15-21-4-3-13-34-21)24(31)17-5-11-20(33-2)12-6-17/h3-13,22H,14-15H2,1-2H3,(H,26,29). The van der Waals surface area contributed by atoms with Crippen LogP contribution in [0.3, 0.4) is 0 Å². The lowest BCUT2D eigenvalue weighted by molar-refractivity contribution is -0.122. The first-order chi connectivity index (χ1) is 16.4. The van der Waals surface area contributed by atoms with Gasteiger partial charge in [0.1, 0.15) is 11.8 Å². The number of benzene rings is 2. The van der Waals surface area contributed by atoms with E-state index in [-0.39, 0.29) is 30.7 Å². The van der Waals surface area contributed by atoms with E-state index in [4.69, 9.17) is 4.74 Å². The summed E-state index contributed by atoms with van der Waals surface area (Å²) >= 11 is 1.48. The van der Waals surface area contributed by atoms with E-state index < -0.39 is 11.9 Å². The first kappa shape index (κ1) is 23.2. The minimum absolute atomic E-state index is 0.112. The number of carbonyl (C=O) groups is 4. The van der Waals surface area contributed by atoms with Crippen molar-refractivity contribution in [3.63, 3.8) is 0 Å². The van der Waals surface area contributed by atoms with E-state index in [1.165, 1.54) is 23.2 Å². The zero-order valence-electron chi connectivity index (χ0n) is 18.7. The summed E-state index contributed by atoms with van der Waals surface area (Å²) < 4.78 is 5.17. The van der Waals surface area contributed by atoms with Gasteiger partial charge in [-0.3, -0.25) is 19.2 Å². The molecular weight excluding hydrogens is 454 g/mol. The number of amides is 4. The predicted octanol–water partition coefficient (Wildman–Crippen LogP) is 3.69. The quantitative estimate of drug-likeness (QED) is 0.524. The van der Waals surface area contributed by atoms with Crippen LogP contribution in [-0.4, -0.2) is 41.7 Å². The fraction of sp³-hybridized carbons (Fsp3) is 0.200. The van der Waals surface area contributed by atoms with Crippen molar-refractivity contribution in [3.05, 3.63) is 76.5 Å². The highest BCUT2D eigenvalue weighted by Gasteiger charge is 2.44. The van der Waals surface area contributed by atoms with Gasteiger partial charge in [-0.15, -0.1) is 11.3 Å². The Morgan fingerprint density at radius 3 is 2.38 bits per heavy atom. The fourth-order valence-electron chi connectivity index (χ4n) is 3.82. The molecule has 0 spiro atoms. The molecule has 1 fully saturated rings. The Bertz CT molecular complexity index is 1210. The number of imide groups is 1. The minimum Gasteiger partial charge on any atom is -0.497 e. The maximum Gasteiger partial charge on any atom is 0.257 e. The molecule has 4 amide bonds. The Labute approximate surface area is 200 Å². The van der Waals surface area contributed by atoms with Gasteiger partial charge in [-0.2, -0.15) is 0 Å². The molecule has 1 N–H and O–H groups in total. The fourth-order valence-corrected chi connectivity index (χ4v) is 4.52. The molecular formula is C25H23N3O5S. The second-order valence-corrected chi connectivity index (χ2v) is 8.79. The van der Waals surface area contributed by atoms with Crippen molar-refractivity contribution in [2.75, 3.05) is 17.3 Å². The van der Waals surface area contributed by atoms with Crippen molar-refractivity contribution in [2.45, 2.75) is 25.9 Å². The van der Waals surface area contributed by atoms with Crippen LogP contribution in [0, 0.1) is 0 Å². The lowest BCUT2D eigenvalue weighted by Crippen LogP contribution is -2.45. The van der Waals surface area contributed by atoms with Crippen LogP contribution in [0.5, 0.6) is 5.75 Å². The SMILES string of the molecule is COc1ccc(C(=O)N(Cc2cccs2)C2CC(=O)N(c3ccc(NC(C)=O)cc3)C2=O)cc1. The lowest BCUT2D eigenvalue weighted by Gasteiger charge is -2.27. The average Bonchev–Trinajstić information content (AvgIpc) is 3.45. The zero-order valence-corrected chi connectivity index (χ0v) is 19.5. The van der Waals surface area contributed by atoms with E-state index in [0.29, 0.717) is 22.7 Å². The number of hydrogen-bond donors (Lipinski definition) is 1. The third-order valence-electron chi connectivity index (χ3n) is 5.45. The Morgan fingerprint density at radius 2 is 1.79 bits per heavy atom. The zero-order chi connectivity index (χ0) is 24.2. The van der Waals surface area contributed by atoms with E-state index in [1.807, 2.05) is 17.5 Å². The van der Waals surface area contributed by atoms with Gasteiger partial charge in [0.15, 0.2) is 0 Å².